The van der Waals surface area contributed by atoms with Crippen LogP contribution in [0, 0.1) is 0 Å². The SMILES string of the molecule is CCOC(=O)c1ccc(P(=O)(OCC)OCC)nc1. The second-order valence-corrected chi connectivity index (χ2v) is 5.43. The van der Waals surface area contributed by atoms with Gasteiger partial charge in [0.05, 0.1) is 25.4 Å². The van der Waals surface area contributed by atoms with Gasteiger partial charge in [0, 0.05) is 6.20 Å². The van der Waals surface area contributed by atoms with Gasteiger partial charge in [-0.1, -0.05) is 0 Å². The molecule has 0 unspecified atom stereocenters. The molecule has 0 N–H and O–H groups in total. The van der Waals surface area contributed by atoms with E-state index in [4.69, 9.17) is 13.8 Å². The van der Waals surface area contributed by atoms with Crippen molar-refractivity contribution in [1.82, 2.24) is 4.98 Å². The maximum absolute atomic E-state index is 12.4. The molecule has 106 valence electrons. The van der Waals surface area contributed by atoms with Crippen LogP contribution < -0.4 is 5.44 Å². The maximum atomic E-state index is 12.4. The van der Waals surface area contributed by atoms with Crippen LogP contribution in [0.3, 0.4) is 0 Å². The number of rotatable bonds is 7. The van der Waals surface area contributed by atoms with Gasteiger partial charge in [-0.25, -0.2) is 9.78 Å². The van der Waals surface area contributed by atoms with Crippen LogP contribution in [0.5, 0.6) is 0 Å². The van der Waals surface area contributed by atoms with Crippen molar-refractivity contribution >= 4 is 19.0 Å². The topological polar surface area (TPSA) is 74.7 Å². The van der Waals surface area contributed by atoms with E-state index in [2.05, 4.69) is 4.98 Å². The van der Waals surface area contributed by atoms with E-state index in [0.717, 1.165) is 0 Å². The summed E-state index contributed by atoms with van der Waals surface area (Å²) in [6.07, 6.45) is 1.30. The molecule has 0 saturated carbocycles. The molecule has 0 radical (unpaired) electrons. The van der Waals surface area contributed by atoms with Gasteiger partial charge in [-0.3, -0.25) is 4.57 Å². The molecule has 0 bridgehead atoms. The van der Waals surface area contributed by atoms with Gasteiger partial charge < -0.3 is 13.8 Å². The summed E-state index contributed by atoms with van der Waals surface area (Å²) in [5, 5.41) is 0. The summed E-state index contributed by atoms with van der Waals surface area (Å²) in [6, 6.07) is 2.95. The summed E-state index contributed by atoms with van der Waals surface area (Å²) in [5.74, 6) is -0.468. The van der Waals surface area contributed by atoms with Gasteiger partial charge in [0.1, 0.15) is 0 Å². The molecule has 6 nitrogen and oxygen atoms in total. The zero-order valence-electron chi connectivity index (χ0n) is 11.3. The molecule has 0 amide bonds. The third kappa shape index (κ3) is 4.13. The number of hydrogen-bond acceptors (Lipinski definition) is 6. The Morgan fingerprint density at radius 3 is 2.21 bits per heavy atom. The second-order valence-electron chi connectivity index (χ2n) is 3.46. The first-order chi connectivity index (χ1) is 9.07. The van der Waals surface area contributed by atoms with E-state index < -0.39 is 13.6 Å². The van der Waals surface area contributed by atoms with Crippen molar-refractivity contribution in [1.29, 1.82) is 0 Å². The lowest BCUT2D eigenvalue weighted by molar-refractivity contribution is 0.0526. The second kappa shape index (κ2) is 7.38. The van der Waals surface area contributed by atoms with E-state index in [-0.39, 0.29) is 25.3 Å². The fourth-order valence-electron chi connectivity index (χ4n) is 1.39. The predicted molar refractivity (Wildman–Crippen MR) is 70.7 cm³/mol. The molecule has 0 aliphatic heterocycles. The van der Waals surface area contributed by atoms with Crippen molar-refractivity contribution in [3.63, 3.8) is 0 Å². The monoisotopic (exact) mass is 287 g/mol. The predicted octanol–water partition coefficient (Wildman–Crippen LogP) is 2.15. The minimum atomic E-state index is -3.40. The van der Waals surface area contributed by atoms with Crippen molar-refractivity contribution in [2.75, 3.05) is 19.8 Å². The van der Waals surface area contributed by atoms with Crippen LogP contribution in [0.4, 0.5) is 0 Å². The van der Waals surface area contributed by atoms with Crippen LogP contribution in [-0.2, 0) is 18.3 Å². The first-order valence-electron chi connectivity index (χ1n) is 6.10. The van der Waals surface area contributed by atoms with Crippen LogP contribution in [-0.4, -0.2) is 30.8 Å². The molecule has 0 aliphatic rings. The Balaban J connectivity index is 2.95. The molecule has 0 aromatic carbocycles. The van der Waals surface area contributed by atoms with Gasteiger partial charge in [-0.2, -0.15) is 0 Å². The number of carbonyl (C=O) groups is 1. The Kier molecular flexibility index (Phi) is 6.15. The van der Waals surface area contributed by atoms with Crippen molar-refractivity contribution < 1.29 is 23.1 Å². The van der Waals surface area contributed by atoms with Crippen molar-refractivity contribution in [2.45, 2.75) is 20.8 Å². The highest BCUT2D eigenvalue weighted by Gasteiger charge is 2.28. The highest BCUT2D eigenvalue weighted by Crippen LogP contribution is 2.45. The molecular formula is C12H18NO5P. The van der Waals surface area contributed by atoms with E-state index >= 15 is 0 Å². The summed E-state index contributed by atoms with van der Waals surface area (Å²) in [5.41, 5.74) is 0.481. The van der Waals surface area contributed by atoms with Gasteiger partial charge in [-0.15, -0.1) is 0 Å². The molecule has 1 aromatic heterocycles. The van der Waals surface area contributed by atoms with E-state index in [9.17, 15) is 9.36 Å². The number of nitrogens with zero attached hydrogens (tertiary/aromatic N) is 1. The van der Waals surface area contributed by atoms with E-state index in [0.29, 0.717) is 5.56 Å². The summed E-state index contributed by atoms with van der Waals surface area (Å²) in [6.45, 7) is 5.95. The number of hydrogen-bond donors (Lipinski definition) is 0. The zero-order valence-corrected chi connectivity index (χ0v) is 12.2. The largest absolute Gasteiger partial charge is 0.462 e. The third-order valence-corrected chi connectivity index (χ3v) is 4.16. The van der Waals surface area contributed by atoms with Gasteiger partial charge in [0.25, 0.3) is 0 Å². The average molecular weight is 287 g/mol. The summed E-state index contributed by atoms with van der Waals surface area (Å²) >= 11 is 0. The molecule has 0 fully saturated rings. The van der Waals surface area contributed by atoms with Crippen molar-refractivity contribution in [2.24, 2.45) is 0 Å². The number of pyridine rings is 1. The molecule has 0 aliphatic carbocycles. The lowest BCUT2D eigenvalue weighted by Gasteiger charge is -2.16. The summed E-state index contributed by atoms with van der Waals surface area (Å²) < 4.78 is 27.6. The number of esters is 1. The van der Waals surface area contributed by atoms with Gasteiger partial charge in [0.2, 0.25) is 0 Å². The smallest absolute Gasteiger partial charge is 0.379 e. The molecule has 1 rings (SSSR count). The molecule has 0 atom stereocenters. The Bertz CT molecular complexity index is 450. The highest BCUT2D eigenvalue weighted by molar-refractivity contribution is 7.61. The lowest BCUT2D eigenvalue weighted by atomic mass is 10.3. The Hall–Kier alpha value is -1.23. The van der Waals surface area contributed by atoms with E-state index in [1.54, 1.807) is 20.8 Å². The lowest BCUT2D eigenvalue weighted by Crippen LogP contribution is -2.16. The minimum Gasteiger partial charge on any atom is -0.462 e. The highest BCUT2D eigenvalue weighted by atomic mass is 31.2. The Labute approximate surface area is 112 Å². The maximum Gasteiger partial charge on any atom is 0.379 e. The first-order valence-corrected chi connectivity index (χ1v) is 7.64. The minimum absolute atomic E-state index is 0.184. The van der Waals surface area contributed by atoms with Gasteiger partial charge in [0.15, 0.2) is 5.44 Å². The molecular weight excluding hydrogens is 269 g/mol. The molecule has 1 heterocycles. The van der Waals surface area contributed by atoms with Crippen LogP contribution >= 0.6 is 7.60 Å². The fraction of sp³-hybridized carbons (Fsp3) is 0.500. The molecule has 0 saturated heterocycles. The van der Waals surface area contributed by atoms with Crippen molar-refractivity contribution in [3.05, 3.63) is 23.9 Å². The molecule has 19 heavy (non-hydrogen) atoms. The van der Waals surface area contributed by atoms with Crippen LogP contribution in [0.25, 0.3) is 0 Å². The fourth-order valence-corrected chi connectivity index (χ4v) is 2.87. The number of carbonyl (C=O) groups excluding carboxylic acids is 1. The van der Waals surface area contributed by atoms with Crippen LogP contribution in [0.2, 0.25) is 0 Å². The Morgan fingerprint density at radius 1 is 1.16 bits per heavy atom. The van der Waals surface area contributed by atoms with Gasteiger partial charge in [-0.05, 0) is 32.9 Å². The normalized spacial score (nSPS) is 11.3. The van der Waals surface area contributed by atoms with Crippen LogP contribution in [0.15, 0.2) is 18.3 Å². The average Bonchev–Trinajstić information content (AvgIpc) is 2.40. The molecule has 0 spiro atoms. The number of aromatic nitrogens is 1. The summed E-state index contributed by atoms with van der Waals surface area (Å²) in [4.78, 5) is 15.4. The van der Waals surface area contributed by atoms with Gasteiger partial charge >= 0.3 is 13.6 Å². The number of ether oxygens (including phenoxy) is 1. The first kappa shape index (κ1) is 15.8. The third-order valence-electron chi connectivity index (χ3n) is 2.14. The standard InChI is InChI=1S/C12H18NO5P/c1-4-16-12(14)10-7-8-11(13-9-10)19(15,17-5-2)18-6-3/h7-9H,4-6H2,1-3H3. The van der Waals surface area contributed by atoms with E-state index in [1.165, 1.54) is 18.3 Å². The zero-order chi connectivity index (χ0) is 14.3. The Morgan fingerprint density at radius 2 is 1.79 bits per heavy atom. The summed E-state index contributed by atoms with van der Waals surface area (Å²) in [7, 11) is -3.40. The molecule has 1 aromatic rings. The molecule has 7 heteroatoms. The van der Waals surface area contributed by atoms with Crippen molar-refractivity contribution in [3.8, 4) is 0 Å². The quantitative estimate of drug-likeness (QED) is 0.565. The van der Waals surface area contributed by atoms with E-state index in [1.807, 2.05) is 0 Å². The van der Waals surface area contributed by atoms with Crippen LogP contribution in [0.1, 0.15) is 31.1 Å².